The van der Waals surface area contributed by atoms with Gasteiger partial charge in [0.15, 0.2) is 0 Å². The first-order valence-electron chi connectivity index (χ1n) is 10.4. The summed E-state index contributed by atoms with van der Waals surface area (Å²) in [6.45, 7) is 4.41. The summed E-state index contributed by atoms with van der Waals surface area (Å²) in [6.07, 6.45) is 12.5. The predicted molar refractivity (Wildman–Crippen MR) is 92.8 cm³/mol. The molecule has 4 saturated heterocycles. The van der Waals surface area contributed by atoms with E-state index < -0.39 is 0 Å². The average molecular weight is 332 g/mol. The second kappa shape index (κ2) is 5.63. The van der Waals surface area contributed by atoms with Crippen LogP contribution in [0.15, 0.2) is 0 Å². The number of fused-ring (bicyclic) bond motifs is 6. The Morgan fingerprint density at radius 3 is 1.04 bits per heavy atom. The summed E-state index contributed by atoms with van der Waals surface area (Å²) in [5, 5.41) is 7.54. The zero-order valence-electron chi connectivity index (χ0n) is 14.7. The van der Waals surface area contributed by atoms with Crippen LogP contribution in [0.2, 0.25) is 0 Å². The third-order valence-electron chi connectivity index (χ3n) is 7.90. The van der Waals surface area contributed by atoms with Crippen LogP contribution >= 0.6 is 0 Å². The molecule has 0 bridgehead atoms. The minimum Gasteiger partial charge on any atom is -0.291 e. The number of rotatable bonds is 0. The van der Waals surface area contributed by atoms with Crippen molar-refractivity contribution >= 4 is 0 Å². The normalized spacial score (nSPS) is 50.0. The quantitative estimate of drug-likeness (QED) is 0.674. The summed E-state index contributed by atoms with van der Waals surface area (Å²) in [7, 11) is 0. The van der Waals surface area contributed by atoms with Crippen LogP contribution < -0.4 is 10.6 Å². The highest BCUT2D eigenvalue weighted by Crippen LogP contribution is 2.45. The van der Waals surface area contributed by atoms with Gasteiger partial charge in [-0.25, -0.2) is 0 Å². The van der Waals surface area contributed by atoms with Gasteiger partial charge in [0.2, 0.25) is 0 Å². The Bertz CT molecular complexity index is 416. The van der Waals surface area contributed by atoms with E-state index in [-0.39, 0.29) is 0 Å². The molecule has 24 heavy (non-hydrogen) atoms. The third kappa shape index (κ3) is 1.93. The molecule has 0 aromatic rings. The van der Waals surface area contributed by atoms with Crippen LogP contribution in [-0.2, 0) is 0 Å². The number of nitrogens with one attached hydrogen (secondary N) is 2. The van der Waals surface area contributed by atoms with Gasteiger partial charge in [-0.3, -0.25) is 30.2 Å². The van der Waals surface area contributed by atoms with Crippen LogP contribution in [0, 0.1) is 0 Å². The summed E-state index contributed by atoms with van der Waals surface area (Å²) in [6, 6.07) is 3.05. The first kappa shape index (κ1) is 14.9. The van der Waals surface area contributed by atoms with Crippen molar-refractivity contribution in [2.45, 2.75) is 87.9 Å². The summed E-state index contributed by atoms with van der Waals surface area (Å²) in [4.78, 5) is 11.5. The lowest BCUT2D eigenvalue weighted by molar-refractivity contribution is -0.264. The summed E-state index contributed by atoms with van der Waals surface area (Å²) in [5.41, 5.74) is 0. The van der Waals surface area contributed by atoms with Crippen LogP contribution in [-0.4, -0.2) is 82.8 Å². The van der Waals surface area contributed by atoms with E-state index in [9.17, 15) is 0 Å². The van der Waals surface area contributed by atoms with Crippen molar-refractivity contribution in [2.24, 2.45) is 0 Å². The molecule has 4 aliphatic heterocycles. The van der Waals surface area contributed by atoms with Crippen molar-refractivity contribution < 1.29 is 0 Å². The van der Waals surface area contributed by atoms with Crippen LogP contribution in [0.3, 0.4) is 0 Å². The smallest absolute Gasteiger partial charge is 0.0948 e. The van der Waals surface area contributed by atoms with E-state index in [0.29, 0.717) is 12.3 Å². The molecule has 2 aliphatic carbocycles. The molecule has 4 unspecified atom stereocenters. The van der Waals surface area contributed by atoms with E-state index in [0.717, 1.165) is 50.8 Å². The maximum Gasteiger partial charge on any atom is 0.0948 e. The topological polar surface area (TPSA) is 37.0 Å². The Balaban J connectivity index is 1.44. The van der Waals surface area contributed by atoms with E-state index in [1.54, 1.807) is 0 Å². The maximum absolute atomic E-state index is 3.77. The monoisotopic (exact) mass is 332 g/mol. The standard InChI is InChI=1S/C18H32N6/c1-2-6-14-13(5-1)21-9-19-11-23-15-7-3-4-8-16(15)24-12-20-10-22(14)18(24)17(21)23/h13-20H,1-12H2. The third-order valence-corrected chi connectivity index (χ3v) is 7.90. The van der Waals surface area contributed by atoms with Gasteiger partial charge >= 0.3 is 0 Å². The highest BCUT2D eigenvalue weighted by atomic mass is 15.6. The molecule has 134 valence electrons. The minimum atomic E-state index is 0.618. The second-order valence-electron chi connectivity index (χ2n) is 8.85. The van der Waals surface area contributed by atoms with Crippen molar-refractivity contribution in [1.29, 1.82) is 0 Å². The molecular weight excluding hydrogens is 300 g/mol. The van der Waals surface area contributed by atoms with Crippen LogP contribution in [0.1, 0.15) is 51.4 Å². The van der Waals surface area contributed by atoms with Crippen molar-refractivity contribution in [3.63, 3.8) is 0 Å². The first-order chi connectivity index (χ1) is 11.9. The van der Waals surface area contributed by atoms with Gasteiger partial charge in [0.25, 0.3) is 0 Å². The fraction of sp³-hybridized carbons (Fsp3) is 1.00. The van der Waals surface area contributed by atoms with E-state index in [1.807, 2.05) is 0 Å². The molecule has 0 spiro atoms. The number of hydrogen-bond acceptors (Lipinski definition) is 6. The molecule has 0 aromatic carbocycles. The Morgan fingerprint density at radius 1 is 0.458 bits per heavy atom. The zero-order valence-corrected chi connectivity index (χ0v) is 14.7. The summed E-state index contributed by atoms with van der Waals surface area (Å²) < 4.78 is 0. The number of hydrogen-bond donors (Lipinski definition) is 2. The largest absolute Gasteiger partial charge is 0.291 e. The van der Waals surface area contributed by atoms with Crippen LogP contribution in [0.4, 0.5) is 0 Å². The molecule has 0 radical (unpaired) electrons. The zero-order chi connectivity index (χ0) is 15.7. The van der Waals surface area contributed by atoms with Gasteiger partial charge in [-0.2, -0.15) is 0 Å². The van der Waals surface area contributed by atoms with Crippen LogP contribution in [0.25, 0.3) is 0 Å². The highest BCUT2D eigenvalue weighted by Gasteiger charge is 2.59. The molecule has 4 atom stereocenters. The van der Waals surface area contributed by atoms with Gasteiger partial charge in [0.05, 0.1) is 39.0 Å². The molecule has 6 aliphatic rings. The molecule has 2 saturated carbocycles. The molecule has 0 aromatic heterocycles. The summed E-state index contributed by atoms with van der Waals surface area (Å²) >= 11 is 0. The number of nitrogens with zero attached hydrogens (tertiary/aromatic N) is 4. The Labute approximate surface area is 145 Å². The number of piperazine rings is 2. The predicted octanol–water partition coefficient (Wildman–Crippen LogP) is 0.533. The maximum atomic E-state index is 3.77. The molecule has 6 rings (SSSR count). The van der Waals surface area contributed by atoms with E-state index in [1.165, 1.54) is 51.4 Å². The van der Waals surface area contributed by atoms with Crippen molar-refractivity contribution in [3.05, 3.63) is 0 Å². The van der Waals surface area contributed by atoms with Crippen LogP contribution in [0.5, 0.6) is 0 Å². The van der Waals surface area contributed by atoms with Gasteiger partial charge in [-0.1, -0.05) is 25.7 Å². The van der Waals surface area contributed by atoms with Gasteiger partial charge < -0.3 is 0 Å². The molecule has 0 amide bonds. The lowest BCUT2D eigenvalue weighted by atomic mass is 9.80. The van der Waals surface area contributed by atoms with Gasteiger partial charge in [-0.05, 0) is 25.7 Å². The van der Waals surface area contributed by atoms with Gasteiger partial charge in [0, 0.05) is 24.2 Å². The fourth-order valence-electron chi connectivity index (χ4n) is 7.04. The minimum absolute atomic E-state index is 0.618. The van der Waals surface area contributed by atoms with Crippen molar-refractivity contribution in [3.8, 4) is 0 Å². The van der Waals surface area contributed by atoms with Crippen molar-refractivity contribution in [1.82, 2.24) is 30.2 Å². The summed E-state index contributed by atoms with van der Waals surface area (Å²) in [5.74, 6) is 0. The lowest BCUT2D eigenvalue weighted by Gasteiger charge is -2.70. The van der Waals surface area contributed by atoms with Gasteiger partial charge in [-0.15, -0.1) is 0 Å². The average Bonchev–Trinajstić information content (AvgIpc) is 2.67. The second-order valence-corrected chi connectivity index (χ2v) is 8.85. The Hall–Kier alpha value is -0.240. The van der Waals surface area contributed by atoms with E-state index in [2.05, 4.69) is 30.2 Å². The molecular formula is C18H32N6. The molecule has 6 fully saturated rings. The molecule has 4 heterocycles. The molecule has 2 N–H and O–H groups in total. The Morgan fingerprint density at radius 2 is 0.750 bits per heavy atom. The lowest BCUT2D eigenvalue weighted by Crippen LogP contribution is -2.87. The SMILES string of the molecule is C1CCC2C(C1)N1CNCN3C4CCCCC4N4CNCN2C4C13. The molecule has 6 nitrogen and oxygen atoms in total. The van der Waals surface area contributed by atoms with E-state index in [4.69, 9.17) is 0 Å². The fourth-order valence-corrected chi connectivity index (χ4v) is 7.04. The highest BCUT2D eigenvalue weighted by molar-refractivity contribution is 5.11. The first-order valence-corrected chi connectivity index (χ1v) is 10.4. The van der Waals surface area contributed by atoms with Gasteiger partial charge in [0.1, 0.15) is 0 Å². The Kier molecular flexibility index (Phi) is 3.49. The van der Waals surface area contributed by atoms with Crippen molar-refractivity contribution in [2.75, 3.05) is 26.7 Å². The molecule has 6 heteroatoms. The van der Waals surface area contributed by atoms with E-state index >= 15 is 0 Å².